The smallest absolute Gasteiger partial charge is 0.306 e. The molecule has 0 amide bonds. The number of carboxylic acid groups (broad SMARTS) is 1. The maximum Gasteiger partial charge on any atom is 0.306 e. The first-order valence-corrected chi connectivity index (χ1v) is 2.72. The fourth-order valence-corrected chi connectivity index (χ4v) is 0.311. The average Bonchev–Trinajstić information content (AvgIpc) is 1.80. The van der Waals surface area contributed by atoms with E-state index in [1.54, 1.807) is 13.0 Å². The molecule has 1 N–H and O–H groups in total. The van der Waals surface area contributed by atoms with Crippen molar-refractivity contribution in [3.05, 3.63) is 12.3 Å². The van der Waals surface area contributed by atoms with Gasteiger partial charge in [0.05, 0.1) is 19.3 Å². The summed E-state index contributed by atoms with van der Waals surface area (Å²) in [6.07, 6.45) is 3.25. The van der Waals surface area contributed by atoms with Gasteiger partial charge in [-0.05, 0) is 6.92 Å². The monoisotopic (exact) mass is 130 g/mol. The molecule has 3 heteroatoms. The molecule has 0 saturated heterocycles. The SMILES string of the molecule is C/C=C/OCCC(=O)O. The highest BCUT2D eigenvalue weighted by Crippen LogP contribution is 1.82. The zero-order chi connectivity index (χ0) is 7.11. The van der Waals surface area contributed by atoms with Gasteiger partial charge in [-0.25, -0.2) is 0 Å². The Morgan fingerprint density at radius 1 is 1.78 bits per heavy atom. The zero-order valence-electron chi connectivity index (χ0n) is 5.33. The Morgan fingerprint density at radius 3 is 2.89 bits per heavy atom. The zero-order valence-corrected chi connectivity index (χ0v) is 5.33. The second-order valence-corrected chi connectivity index (χ2v) is 1.48. The highest BCUT2D eigenvalue weighted by atomic mass is 16.5. The highest BCUT2D eigenvalue weighted by Gasteiger charge is 1.92. The summed E-state index contributed by atoms with van der Waals surface area (Å²) in [6.45, 7) is 2.06. The highest BCUT2D eigenvalue weighted by molar-refractivity contribution is 5.66. The number of hydrogen-bond acceptors (Lipinski definition) is 2. The Balaban J connectivity index is 3.01. The van der Waals surface area contributed by atoms with Gasteiger partial charge in [-0.3, -0.25) is 4.79 Å². The topological polar surface area (TPSA) is 46.5 Å². The summed E-state index contributed by atoms with van der Waals surface area (Å²) in [7, 11) is 0. The van der Waals surface area contributed by atoms with Crippen LogP contribution in [0, 0.1) is 0 Å². The van der Waals surface area contributed by atoms with E-state index in [2.05, 4.69) is 0 Å². The summed E-state index contributed by atoms with van der Waals surface area (Å²) >= 11 is 0. The summed E-state index contributed by atoms with van der Waals surface area (Å²) in [5.74, 6) is -0.834. The summed E-state index contributed by atoms with van der Waals surface area (Å²) in [5, 5.41) is 8.11. The number of aliphatic carboxylic acids is 1. The molecule has 9 heavy (non-hydrogen) atoms. The van der Waals surface area contributed by atoms with E-state index in [1.807, 2.05) is 0 Å². The van der Waals surface area contributed by atoms with Crippen LogP contribution in [-0.2, 0) is 9.53 Å². The number of hydrogen-bond donors (Lipinski definition) is 1. The van der Waals surface area contributed by atoms with Crippen LogP contribution in [0.25, 0.3) is 0 Å². The fourth-order valence-electron chi connectivity index (χ4n) is 0.311. The molecule has 0 aliphatic heterocycles. The minimum absolute atomic E-state index is 0.0599. The van der Waals surface area contributed by atoms with Crippen LogP contribution in [0.1, 0.15) is 13.3 Å². The fraction of sp³-hybridized carbons (Fsp3) is 0.500. The Kier molecular flexibility index (Phi) is 4.59. The van der Waals surface area contributed by atoms with Crippen molar-refractivity contribution in [2.45, 2.75) is 13.3 Å². The average molecular weight is 130 g/mol. The van der Waals surface area contributed by atoms with Crippen molar-refractivity contribution in [3.63, 3.8) is 0 Å². The van der Waals surface area contributed by atoms with Gasteiger partial charge in [-0.15, -0.1) is 0 Å². The van der Waals surface area contributed by atoms with E-state index < -0.39 is 5.97 Å². The van der Waals surface area contributed by atoms with Crippen molar-refractivity contribution >= 4 is 5.97 Å². The molecule has 3 nitrogen and oxygen atoms in total. The lowest BCUT2D eigenvalue weighted by Gasteiger charge is -1.93. The molecule has 0 heterocycles. The van der Waals surface area contributed by atoms with Crippen LogP contribution in [0.2, 0.25) is 0 Å². The van der Waals surface area contributed by atoms with Crippen molar-refractivity contribution in [2.24, 2.45) is 0 Å². The molecule has 0 aromatic rings. The lowest BCUT2D eigenvalue weighted by molar-refractivity contribution is -0.137. The van der Waals surface area contributed by atoms with Gasteiger partial charge in [0, 0.05) is 0 Å². The van der Waals surface area contributed by atoms with Crippen molar-refractivity contribution < 1.29 is 14.6 Å². The normalized spacial score (nSPS) is 9.89. The molecule has 0 spiro atoms. The molecule has 0 fully saturated rings. The quantitative estimate of drug-likeness (QED) is 0.456. The van der Waals surface area contributed by atoms with Gasteiger partial charge in [0.1, 0.15) is 0 Å². The largest absolute Gasteiger partial charge is 0.501 e. The van der Waals surface area contributed by atoms with E-state index in [0.717, 1.165) is 0 Å². The second-order valence-electron chi connectivity index (χ2n) is 1.48. The minimum atomic E-state index is -0.834. The molecule has 0 aliphatic carbocycles. The van der Waals surface area contributed by atoms with Crippen molar-refractivity contribution in [2.75, 3.05) is 6.61 Å². The van der Waals surface area contributed by atoms with E-state index in [4.69, 9.17) is 9.84 Å². The van der Waals surface area contributed by atoms with Crippen LogP contribution >= 0.6 is 0 Å². The van der Waals surface area contributed by atoms with Crippen LogP contribution in [-0.4, -0.2) is 17.7 Å². The molecule has 0 aliphatic rings. The predicted molar refractivity (Wildman–Crippen MR) is 33.0 cm³/mol. The van der Waals surface area contributed by atoms with Gasteiger partial charge < -0.3 is 9.84 Å². The predicted octanol–water partition coefficient (Wildman–Crippen LogP) is 1.01. The van der Waals surface area contributed by atoms with Crippen LogP contribution in [0.4, 0.5) is 0 Å². The maximum atomic E-state index is 9.86. The van der Waals surface area contributed by atoms with Crippen LogP contribution < -0.4 is 0 Å². The Morgan fingerprint density at radius 2 is 2.44 bits per heavy atom. The maximum absolute atomic E-state index is 9.86. The van der Waals surface area contributed by atoms with Gasteiger partial charge in [-0.1, -0.05) is 6.08 Å². The minimum Gasteiger partial charge on any atom is -0.501 e. The molecule has 52 valence electrons. The summed E-state index contributed by atoms with van der Waals surface area (Å²) in [4.78, 5) is 9.86. The van der Waals surface area contributed by atoms with Gasteiger partial charge in [0.2, 0.25) is 0 Å². The van der Waals surface area contributed by atoms with Gasteiger partial charge in [0.25, 0.3) is 0 Å². The molecule has 0 aromatic heterocycles. The summed E-state index contributed by atoms with van der Waals surface area (Å²) in [5.41, 5.74) is 0. The number of carbonyl (C=O) groups is 1. The standard InChI is InChI=1S/C6H10O3/c1-2-4-9-5-3-6(7)8/h2,4H,3,5H2,1H3,(H,7,8)/b4-2+. The Bertz CT molecular complexity index is 107. The van der Waals surface area contributed by atoms with E-state index in [-0.39, 0.29) is 13.0 Å². The molecule has 0 unspecified atom stereocenters. The summed E-state index contributed by atoms with van der Waals surface area (Å²) < 4.78 is 4.73. The number of ether oxygens (including phenoxy) is 1. The lowest BCUT2D eigenvalue weighted by Crippen LogP contribution is -1.99. The van der Waals surface area contributed by atoms with Crippen LogP contribution in [0.3, 0.4) is 0 Å². The first-order chi connectivity index (χ1) is 4.27. The van der Waals surface area contributed by atoms with E-state index in [1.165, 1.54) is 6.26 Å². The molecule has 0 bridgehead atoms. The van der Waals surface area contributed by atoms with Gasteiger partial charge in [-0.2, -0.15) is 0 Å². The molecule has 0 saturated carbocycles. The third-order valence-corrected chi connectivity index (χ3v) is 0.666. The number of carboxylic acids is 1. The van der Waals surface area contributed by atoms with Crippen LogP contribution in [0.5, 0.6) is 0 Å². The molecule has 0 rings (SSSR count). The first kappa shape index (κ1) is 8.01. The molecular weight excluding hydrogens is 120 g/mol. The Hall–Kier alpha value is -0.990. The lowest BCUT2D eigenvalue weighted by atomic mass is 10.5. The first-order valence-electron chi connectivity index (χ1n) is 2.72. The van der Waals surface area contributed by atoms with Crippen molar-refractivity contribution in [3.8, 4) is 0 Å². The van der Waals surface area contributed by atoms with E-state index >= 15 is 0 Å². The van der Waals surface area contributed by atoms with Gasteiger partial charge in [0.15, 0.2) is 0 Å². The summed E-state index contributed by atoms with van der Waals surface area (Å²) in [6, 6.07) is 0. The number of rotatable bonds is 4. The molecule has 0 radical (unpaired) electrons. The van der Waals surface area contributed by atoms with Gasteiger partial charge >= 0.3 is 5.97 Å². The van der Waals surface area contributed by atoms with E-state index in [9.17, 15) is 4.79 Å². The molecule has 0 aromatic carbocycles. The molecular formula is C6H10O3. The third-order valence-electron chi connectivity index (χ3n) is 0.666. The van der Waals surface area contributed by atoms with Crippen LogP contribution in [0.15, 0.2) is 12.3 Å². The third kappa shape index (κ3) is 7.01. The Labute approximate surface area is 53.9 Å². The van der Waals surface area contributed by atoms with Crippen molar-refractivity contribution in [1.82, 2.24) is 0 Å². The van der Waals surface area contributed by atoms with Crippen molar-refractivity contribution in [1.29, 1.82) is 0 Å². The number of allylic oxidation sites excluding steroid dienone is 1. The van der Waals surface area contributed by atoms with E-state index in [0.29, 0.717) is 0 Å². The second kappa shape index (κ2) is 5.15. The molecule has 0 atom stereocenters.